The van der Waals surface area contributed by atoms with Crippen LogP contribution in [-0.4, -0.2) is 15.1 Å². The average molecular weight is 285 g/mol. The molecule has 1 aromatic carbocycles. The minimum Gasteiger partial charge on any atom is -0.404 e. The lowest BCUT2D eigenvalue weighted by Crippen LogP contribution is -1.89. The van der Waals surface area contributed by atoms with Crippen molar-refractivity contribution >= 4 is 27.6 Å². The van der Waals surface area contributed by atoms with Crippen LogP contribution in [0.2, 0.25) is 0 Å². The van der Waals surface area contributed by atoms with Crippen molar-refractivity contribution < 1.29 is 9.34 Å². The molecule has 1 heterocycles. The second-order valence-corrected chi connectivity index (χ2v) is 3.82. The van der Waals surface area contributed by atoms with Gasteiger partial charge in [0.1, 0.15) is 0 Å². The second-order valence-electron chi connectivity index (χ2n) is 2.90. The zero-order valence-corrected chi connectivity index (χ0v) is 9.34. The molecule has 1 aromatic heterocycles. The minimum atomic E-state index is -0.506. The van der Waals surface area contributed by atoms with Gasteiger partial charge < -0.3 is 10.2 Å². The molecule has 0 amide bonds. The van der Waals surface area contributed by atoms with Gasteiger partial charge in [-0.2, -0.15) is 0 Å². The van der Waals surface area contributed by atoms with E-state index in [1.54, 1.807) is 6.07 Å². The standard InChI is InChI=1S/C8H5BrN4O3/c9-5-1-4(2-6(3-5)13(14)15)7-11-12-8(10)16-7/h1-3H,(H2,10,12). The number of nitrogen functional groups attached to an aromatic ring is 1. The molecular formula is C8H5BrN4O3. The van der Waals surface area contributed by atoms with Crippen molar-refractivity contribution in [2.45, 2.75) is 0 Å². The van der Waals surface area contributed by atoms with Crippen LogP contribution in [0.5, 0.6) is 0 Å². The van der Waals surface area contributed by atoms with E-state index in [0.717, 1.165) is 0 Å². The molecule has 0 aliphatic heterocycles. The summed E-state index contributed by atoms with van der Waals surface area (Å²) in [6, 6.07) is 4.25. The molecule has 0 aliphatic carbocycles. The highest BCUT2D eigenvalue weighted by molar-refractivity contribution is 9.10. The van der Waals surface area contributed by atoms with E-state index in [1.165, 1.54) is 12.1 Å². The van der Waals surface area contributed by atoms with E-state index < -0.39 is 4.92 Å². The van der Waals surface area contributed by atoms with Gasteiger partial charge in [-0.25, -0.2) is 0 Å². The lowest BCUT2D eigenvalue weighted by molar-refractivity contribution is -0.384. The predicted molar refractivity (Wildman–Crippen MR) is 58.5 cm³/mol. The number of hydrogen-bond acceptors (Lipinski definition) is 6. The van der Waals surface area contributed by atoms with Crippen LogP contribution in [0, 0.1) is 10.1 Å². The molecule has 0 radical (unpaired) electrons. The van der Waals surface area contributed by atoms with Crippen LogP contribution >= 0.6 is 15.9 Å². The molecule has 16 heavy (non-hydrogen) atoms. The molecule has 0 fully saturated rings. The van der Waals surface area contributed by atoms with Crippen molar-refractivity contribution in [3.05, 3.63) is 32.8 Å². The molecule has 0 spiro atoms. The van der Waals surface area contributed by atoms with Gasteiger partial charge >= 0.3 is 6.01 Å². The van der Waals surface area contributed by atoms with Crippen molar-refractivity contribution in [3.63, 3.8) is 0 Å². The first kappa shape index (κ1) is 10.6. The number of non-ortho nitro benzene ring substituents is 1. The SMILES string of the molecule is Nc1nnc(-c2cc(Br)cc([N+](=O)[O-])c2)o1. The number of nitrogens with zero attached hydrogens (tertiary/aromatic N) is 3. The highest BCUT2D eigenvalue weighted by Crippen LogP contribution is 2.27. The van der Waals surface area contributed by atoms with Crippen LogP contribution in [0.15, 0.2) is 27.1 Å². The first-order valence-electron chi connectivity index (χ1n) is 4.10. The fourth-order valence-corrected chi connectivity index (χ4v) is 1.64. The summed E-state index contributed by atoms with van der Waals surface area (Å²) in [5.74, 6) is 0.141. The van der Waals surface area contributed by atoms with E-state index in [4.69, 9.17) is 10.2 Å². The van der Waals surface area contributed by atoms with Crippen LogP contribution in [0.25, 0.3) is 11.5 Å². The van der Waals surface area contributed by atoms with Crippen LogP contribution in [0.4, 0.5) is 11.7 Å². The first-order valence-corrected chi connectivity index (χ1v) is 4.90. The van der Waals surface area contributed by atoms with Gasteiger partial charge in [-0.15, -0.1) is 5.10 Å². The molecule has 0 unspecified atom stereocenters. The smallest absolute Gasteiger partial charge is 0.313 e. The highest BCUT2D eigenvalue weighted by atomic mass is 79.9. The largest absolute Gasteiger partial charge is 0.404 e. The lowest BCUT2D eigenvalue weighted by atomic mass is 10.2. The number of aromatic nitrogens is 2. The Balaban J connectivity index is 2.53. The van der Waals surface area contributed by atoms with Gasteiger partial charge in [0.15, 0.2) is 0 Å². The van der Waals surface area contributed by atoms with Crippen LogP contribution in [-0.2, 0) is 0 Å². The second kappa shape index (κ2) is 3.89. The number of nitro benzene ring substituents is 1. The van der Waals surface area contributed by atoms with Gasteiger partial charge in [0.2, 0.25) is 5.89 Å². The molecular weight excluding hydrogens is 280 g/mol. The van der Waals surface area contributed by atoms with Crippen molar-refractivity contribution in [2.75, 3.05) is 5.73 Å². The quantitative estimate of drug-likeness (QED) is 0.667. The van der Waals surface area contributed by atoms with Gasteiger partial charge in [-0.1, -0.05) is 21.0 Å². The van der Waals surface area contributed by atoms with Crippen LogP contribution in [0.1, 0.15) is 0 Å². The first-order chi connectivity index (χ1) is 7.56. The third kappa shape index (κ3) is 2.01. The zero-order valence-electron chi connectivity index (χ0n) is 7.75. The predicted octanol–water partition coefficient (Wildman–Crippen LogP) is 1.99. The summed E-state index contributed by atoms with van der Waals surface area (Å²) < 4.78 is 5.52. The van der Waals surface area contributed by atoms with E-state index in [0.29, 0.717) is 10.0 Å². The number of nitrogens with two attached hydrogens (primary N) is 1. The van der Waals surface area contributed by atoms with Gasteiger partial charge in [0.25, 0.3) is 5.69 Å². The fraction of sp³-hybridized carbons (Fsp3) is 0. The van der Waals surface area contributed by atoms with Crippen molar-refractivity contribution in [1.82, 2.24) is 10.2 Å². The molecule has 0 saturated carbocycles. The molecule has 8 heteroatoms. The summed E-state index contributed by atoms with van der Waals surface area (Å²) in [4.78, 5) is 10.1. The number of rotatable bonds is 2. The summed E-state index contributed by atoms with van der Waals surface area (Å²) in [6.45, 7) is 0. The van der Waals surface area contributed by atoms with Crippen molar-refractivity contribution in [3.8, 4) is 11.5 Å². The minimum absolute atomic E-state index is 0.0684. The maximum atomic E-state index is 10.6. The fourth-order valence-electron chi connectivity index (χ4n) is 1.15. The summed E-state index contributed by atoms with van der Waals surface area (Å²) in [5.41, 5.74) is 5.63. The van der Waals surface area contributed by atoms with Gasteiger partial charge in [-0.3, -0.25) is 10.1 Å². The molecule has 0 atom stereocenters. The van der Waals surface area contributed by atoms with Gasteiger partial charge in [-0.05, 0) is 6.07 Å². The molecule has 7 nitrogen and oxygen atoms in total. The Labute approximate surface area is 97.6 Å². The summed E-state index contributed by atoms with van der Waals surface area (Å²) in [5, 5.41) is 17.8. The Morgan fingerprint density at radius 1 is 1.38 bits per heavy atom. The number of benzene rings is 1. The third-order valence-electron chi connectivity index (χ3n) is 1.78. The lowest BCUT2D eigenvalue weighted by Gasteiger charge is -1.97. The van der Waals surface area contributed by atoms with Gasteiger partial charge in [0.05, 0.1) is 4.92 Å². The topological polar surface area (TPSA) is 108 Å². The molecule has 0 aliphatic rings. The van der Waals surface area contributed by atoms with Crippen molar-refractivity contribution in [2.24, 2.45) is 0 Å². The molecule has 82 valence electrons. The van der Waals surface area contributed by atoms with E-state index in [9.17, 15) is 10.1 Å². The van der Waals surface area contributed by atoms with Gasteiger partial charge in [0, 0.05) is 22.2 Å². The third-order valence-corrected chi connectivity index (χ3v) is 2.24. The van der Waals surface area contributed by atoms with E-state index in [2.05, 4.69) is 26.1 Å². The monoisotopic (exact) mass is 284 g/mol. The zero-order chi connectivity index (χ0) is 11.7. The molecule has 0 bridgehead atoms. The molecule has 2 N–H and O–H groups in total. The van der Waals surface area contributed by atoms with E-state index in [1.807, 2.05) is 0 Å². The Morgan fingerprint density at radius 3 is 2.69 bits per heavy atom. The number of halogens is 1. The Kier molecular flexibility index (Phi) is 2.57. The molecule has 2 aromatic rings. The maximum Gasteiger partial charge on any atom is 0.313 e. The van der Waals surface area contributed by atoms with Crippen LogP contribution in [0.3, 0.4) is 0 Å². The Bertz CT molecular complexity index is 554. The van der Waals surface area contributed by atoms with Crippen LogP contribution < -0.4 is 5.73 Å². The van der Waals surface area contributed by atoms with E-state index >= 15 is 0 Å². The summed E-state index contributed by atoms with van der Waals surface area (Å²) in [6.07, 6.45) is 0. The molecule has 2 rings (SSSR count). The number of hydrogen-bond donors (Lipinski definition) is 1. The number of anilines is 1. The highest BCUT2D eigenvalue weighted by Gasteiger charge is 2.13. The summed E-state index contributed by atoms with van der Waals surface area (Å²) >= 11 is 3.16. The number of nitro groups is 1. The summed E-state index contributed by atoms with van der Waals surface area (Å²) in [7, 11) is 0. The molecule has 0 saturated heterocycles. The Morgan fingerprint density at radius 2 is 2.12 bits per heavy atom. The maximum absolute atomic E-state index is 10.6. The van der Waals surface area contributed by atoms with Crippen molar-refractivity contribution in [1.29, 1.82) is 0 Å². The normalized spacial score (nSPS) is 10.3. The Hall–Kier alpha value is -1.96. The average Bonchev–Trinajstić information content (AvgIpc) is 2.64. The van der Waals surface area contributed by atoms with E-state index in [-0.39, 0.29) is 17.6 Å².